The van der Waals surface area contributed by atoms with Gasteiger partial charge in [0.05, 0.1) is 17.2 Å². The zero-order chi connectivity index (χ0) is 31.9. The van der Waals surface area contributed by atoms with Crippen molar-refractivity contribution in [1.29, 1.82) is 0 Å². The Morgan fingerprint density at radius 2 is 1.00 bits per heavy atom. The second-order valence-electron chi connectivity index (χ2n) is 12.1. The maximum atomic E-state index is 4.33. The van der Waals surface area contributed by atoms with Gasteiger partial charge in [-0.25, -0.2) is 0 Å². The van der Waals surface area contributed by atoms with Crippen LogP contribution >= 0.6 is 0 Å². The molecule has 0 saturated heterocycles. The number of nitrogens with zero attached hydrogens (tertiary/aromatic N) is 3. The minimum absolute atomic E-state index is 0.601. The fraction of sp³-hybridized carbons (Fsp3) is 0.186. The molecule has 230 valence electrons. The lowest BCUT2D eigenvalue weighted by molar-refractivity contribution is 0.733. The van der Waals surface area contributed by atoms with Crippen molar-refractivity contribution in [2.75, 3.05) is 4.90 Å². The predicted molar refractivity (Wildman–Crippen MR) is 197 cm³/mol. The fourth-order valence-corrected chi connectivity index (χ4v) is 6.07. The largest absolute Gasteiger partial charge is 0.311 e. The molecule has 0 aliphatic heterocycles. The summed E-state index contributed by atoms with van der Waals surface area (Å²) in [6.45, 7) is 9.02. The molecule has 3 nitrogen and oxygen atoms in total. The quantitative estimate of drug-likeness (QED) is 0.173. The van der Waals surface area contributed by atoms with Gasteiger partial charge in [-0.05, 0) is 96.5 Å². The summed E-state index contributed by atoms with van der Waals surface area (Å²) < 4.78 is 2.30. The van der Waals surface area contributed by atoms with Crippen LogP contribution in [0.15, 0.2) is 152 Å². The molecule has 0 aliphatic carbocycles. The normalized spacial score (nSPS) is 12.3. The van der Waals surface area contributed by atoms with Crippen molar-refractivity contribution in [2.24, 2.45) is 0 Å². The Bertz CT molecular complexity index is 1880. The van der Waals surface area contributed by atoms with Crippen LogP contribution in [0.2, 0.25) is 0 Å². The second kappa shape index (κ2) is 14.3. The lowest BCUT2D eigenvalue weighted by atomic mass is 9.98. The zero-order valence-electron chi connectivity index (χ0n) is 27.3. The van der Waals surface area contributed by atoms with Gasteiger partial charge < -0.3 is 9.47 Å². The van der Waals surface area contributed by atoms with Gasteiger partial charge in [0.1, 0.15) is 0 Å². The van der Waals surface area contributed by atoms with Crippen LogP contribution in [-0.4, -0.2) is 9.55 Å². The molecular formula is C43H43N3. The van der Waals surface area contributed by atoms with Crippen LogP contribution in [0.1, 0.15) is 63.5 Å². The van der Waals surface area contributed by atoms with E-state index >= 15 is 0 Å². The van der Waals surface area contributed by atoms with Gasteiger partial charge in [-0.1, -0.05) is 107 Å². The molecule has 0 aliphatic rings. The first-order valence-electron chi connectivity index (χ1n) is 16.5. The molecule has 2 heterocycles. The minimum Gasteiger partial charge on any atom is -0.311 e. The number of hydrogen-bond acceptors (Lipinski definition) is 2. The summed E-state index contributed by atoms with van der Waals surface area (Å²) in [6.07, 6.45) is 6.15. The van der Waals surface area contributed by atoms with Gasteiger partial charge in [0.15, 0.2) is 0 Å². The van der Waals surface area contributed by atoms with Crippen molar-refractivity contribution in [3.05, 3.63) is 163 Å². The number of benzene rings is 5. The molecule has 7 rings (SSSR count). The molecule has 0 amide bonds. The van der Waals surface area contributed by atoms with E-state index in [1.807, 2.05) is 12.4 Å². The first kappa shape index (κ1) is 30.9. The van der Waals surface area contributed by atoms with E-state index in [0.29, 0.717) is 11.8 Å². The highest BCUT2D eigenvalue weighted by Gasteiger charge is 2.13. The summed E-state index contributed by atoms with van der Waals surface area (Å²) in [7, 11) is 0. The van der Waals surface area contributed by atoms with E-state index in [-0.39, 0.29) is 0 Å². The van der Waals surface area contributed by atoms with E-state index in [1.165, 1.54) is 63.0 Å². The van der Waals surface area contributed by atoms with Gasteiger partial charge in [-0.15, -0.1) is 0 Å². The SMILES string of the molecule is CCC(C)c1ccc(-n2c3ccccc3c3ccncc32)cc1.CCC(C)c1ccc(N(c2ccccc2)c2ccccc2)cc1. The lowest BCUT2D eigenvalue weighted by Crippen LogP contribution is -2.09. The molecule has 0 spiro atoms. The molecule has 2 unspecified atom stereocenters. The first-order chi connectivity index (χ1) is 22.6. The highest BCUT2D eigenvalue weighted by atomic mass is 15.1. The number of hydrogen-bond donors (Lipinski definition) is 0. The van der Waals surface area contributed by atoms with Gasteiger partial charge in [-0.3, -0.25) is 4.98 Å². The molecule has 2 atom stereocenters. The van der Waals surface area contributed by atoms with Gasteiger partial charge in [-0.2, -0.15) is 0 Å². The average molecular weight is 602 g/mol. The molecule has 0 radical (unpaired) electrons. The Labute approximate surface area is 273 Å². The number of aromatic nitrogens is 2. The first-order valence-corrected chi connectivity index (χ1v) is 16.5. The van der Waals surface area contributed by atoms with Crippen LogP contribution < -0.4 is 4.90 Å². The van der Waals surface area contributed by atoms with Crippen LogP contribution in [0.5, 0.6) is 0 Å². The summed E-state index contributed by atoms with van der Waals surface area (Å²) >= 11 is 0. The van der Waals surface area contributed by atoms with Crippen LogP contribution in [-0.2, 0) is 0 Å². The fourth-order valence-electron chi connectivity index (χ4n) is 6.07. The highest BCUT2D eigenvalue weighted by molar-refractivity contribution is 6.08. The number of rotatable bonds is 8. The summed E-state index contributed by atoms with van der Waals surface area (Å²) in [5, 5.41) is 2.53. The third-order valence-corrected chi connectivity index (χ3v) is 9.17. The summed E-state index contributed by atoms with van der Waals surface area (Å²) in [4.78, 5) is 6.62. The Kier molecular flexibility index (Phi) is 9.59. The van der Waals surface area contributed by atoms with Crippen molar-refractivity contribution in [1.82, 2.24) is 9.55 Å². The summed E-state index contributed by atoms with van der Waals surface area (Å²) in [5.41, 5.74) is 9.92. The molecule has 2 aromatic heterocycles. The highest BCUT2D eigenvalue weighted by Crippen LogP contribution is 2.35. The number of pyridine rings is 1. The van der Waals surface area contributed by atoms with E-state index in [0.717, 1.165) is 5.52 Å². The third kappa shape index (κ3) is 6.46. The molecule has 7 aromatic rings. The molecule has 0 N–H and O–H groups in total. The van der Waals surface area contributed by atoms with Crippen molar-refractivity contribution < 1.29 is 0 Å². The van der Waals surface area contributed by atoms with Crippen molar-refractivity contribution in [2.45, 2.75) is 52.4 Å². The topological polar surface area (TPSA) is 21.1 Å². The van der Waals surface area contributed by atoms with Crippen LogP contribution in [0.25, 0.3) is 27.5 Å². The molecule has 0 saturated carbocycles. The Hall–Kier alpha value is -5.15. The Balaban J connectivity index is 0.000000162. The molecular weight excluding hydrogens is 558 g/mol. The lowest BCUT2D eigenvalue weighted by Gasteiger charge is -2.25. The Morgan fingerprint density at radius 1 is 0.522 bits per heavy atom. The molecule has 0 bridgehead atoms. The Morgan fingerprint density at radius 3 is 1.57 bits per heavy atom. The van der Waals surface area contributed by atoms with Crippen LogP contribution in [0.4, 0.5) is 17.1 Å². The van der Waals surface area contributed by atoms with E-state index in [2.05, 4.69) is 182 Å². The number of anilines is 3. The van der Waals surface area contributed by atoms with Gasteiger partial charge in [0, 0.05) is 39.7 Å². The minimum atomic E-state index is 0.601. The molecule has 3 heteroatoms. The summed E-state index contributed by atoms with van der Waals surface area (Å²) in [6, 6.07) is 49.6. The van der Waals surface area contributed by atoms with Crippen LogP contribution in [0, 0.1) is 0 Å². The van der Waals surface area contributed by atoms with Crippen molar-refractivity contribution in [3.8, 4) is 5.69 Å². The van der Waals surface area contributed by atoms with Gasteiger partial charge >= 0.3 is 0 Å². The zero-order valence-corrected chi connectivity index (χ0v) is 27.3. The number of para-hydroxylation sites is 3. The van der Waals surface area contributed by atoms with E-state index in [4.69, 9.17) is 0 Å². The molecule has 46 heavy (non-hydrogen) atoms. The maximum Gasteiger partial charge on any atom is 0.0724 e. The summed E-state index contributed by atoms with van der Waals surface area (Å²) in [5.74, 6) is 1.20. The van der Waals surface area contributed by atoms with Crippen molar-refractivity contribution >= 4 is 38.9 Å². The second-order valence-corrected chi connectivity index (χ2v) is 12.1. The maximum absolute atomic E-state index is 4.33. The van der Waals surface area contributed by atoms with Crippen LogP contribution in [0.3, 0.4) is 0 Å². The standard InChI is InChI=1S/C22H23N.C21H20N2/c1-3-18(2)19-14-16-22(17-15-19)23(20-10-6-4-7-11-20)21-12-8-5-9-13-21;1-3-15(2)16-8-10-17(11-9-16)23-20-7-5-4-6-18(20)19-12-13-22-14-21(19)23/h4-18H,3H2,1-2H3;4-15H,3H2,1-2H3. The molecule has 0 fully saturated rings. The van der Waals surface area contributed by atoms with Gasteiger partial charge in [0.2, 0.25) is 0 Å². The molecule has 5 aromatic carbocycles. The predicted octanol–water partition coefficient (Wildman–Crippen LogP) is 12.4. The van der Waals surface area contributed by atoms with Crippen molar-refractivity contribution in [3.63, 3.8) is 0 Å². The monoisotopic (exact) mass is 601 g/mol. The number of fused-ring (bicyclic) bond motifs is 3. The average Bonchev–Trinajstić information content (AvgIpc) is 3.47. The van der Waals surface area contributed by atoms with Gasteiger partial charge in [0.25, 0.3) is 0 Å². The van der Waals surface area contributed by atoms with E-state index in [9.17, 15) is 0 Å². The smallest absolute Gasteiger partial charge is 0.0724 e. The van der Waals surface area contributed by atoms with E-state index < -0.39 is 0 Å². The van der Waals surface area contributed by atoms with E-state index in [1.54, 1.807) is 0 Å². The third-order valence-electron chi connectivity index (χ3n) is 9.17.